The van der Waals surface area contributed by atoms with Crippen LogP contribution in [-0.4, -0.2) is 28.7 Å². The molecule has 2 nitrogen and oxygen atoms in total. The van der Waals surface area contributed by atoms with Gasteiger partial charge in [-0.15, -0.1) is 0 Å². The first kappa shape index (κ1) is 14.5. The number of aliphatic hydroxyl groups excluding tert-OH is 1. The molecule has 2 rings (SSSR count). The zero-order valence-corrected chi connectivity index (χ0v) is 12.3. The number of benzene rings is 1. The number of likely N-dealkylation sites (tertiary alicyclic amines) is 1. The predicted molar refractivity (Wildman–Crippen MR) is 80.1 cm³/mol. The van der Waals surface area contributed by atoms with Gasteiger partial charge in [0.05, 0.1) is 12.6 Å². The van der Waals surface area contributed by atoms with Gasteiger partial charge in [-0.25, -0.2) is 0 Å². The van der Waals surface area contributed by atoms with E-state index in [0.717, 1.165) is 0 Å². The summed E-state index contributed by atoms with van der Waals surface area (Å²) < 4.78 is 0. The molecular formula is C17H27NO. The molecule has 19 heavy (non-hydrogen) atoms. The number of hydrogen-bond acceptors (Lipinski definition) is 2. The molecule has 1 saturated heterocycles. The average molecular weight is 261 g/mol. The molecule has 0 saturated carbocycles. The molecule has 106 valence electrons. The third-order valence-corrected chi connectivity index (χ3v) is 4.43. The Balaban J connectivity index is 2.22. The molecule has 1 N–H and O–H groups in total. The lowest BCUT2D eigenvalue weighted by Crippen LogP contribution is -2.48. The van der Waals surface area contributed by atoms with Crippen LogP contribution in [0.3, 0.4) is 0 Å². The van der Waals surface area contributed by atoms with E-state index in [0.29, 0.717) is 12.1 Å². The minimum atomic E-state index is 0.160. The molecule has 1 aromatic rings. The van der Waals surface area contributed by atoms with Gasteiger partial charge in [-0.1, -0.05) is 50.1 Å². The molecule has 0 aromatic heterocycles. The van der Waals surface area contributed by atoms with E-state index in [4.69, 9.17) is 0 Å². The third-order valence-electron chi connectivity index (χ3n) is 4.43. The van der Waals surface area contributed by atoms with E-state index in [1.54, 1.807) is 0 Å². The molecule has 0 radical (unpaired) electrons. The van der Waals surface area contributed by atoms with E-state index < -0.39 is 0 Å². The van der Waals surface area contributed by atoms with Gasteiger partial charge in [0.15, 0.2) is 0 Å². The van der Waals surface area contributed by atoms with Crippen LogP contribution >= 0.6 is 0 Å². The first-order chi connectivity index (χ1) is 9.27. The first-order valence-corrected chi connectivity index (χ1v) is 7.71. The Bertz CT molecular complexity index is 363. The van der Waals surface area contributed by atoms with Crippen LogP contribution < -0.4 is 0 Å². The zero-order valence-electron chi connectivity index (χ0n) is 12.3. The van der Waals surface area contributed by atoms with Crippen molar-refractivity contribution in [2.45, 2.75) is 64.1 Å². The van der Waals surface area contributed by atoms with Crippen molar-refractivity contribution in [3.05, 3.63) is 35.9 Å². The molecular weight excluding hydrogens is 234 g/mol. The van der Waals surface area contributed by atoms with Crippen LogP contribution in [0.2, 0.25) is 0 Å². The number of piperidine rings is 1. The normalized spacial score (nSPS) is 26.3. The molecule has 1 aromatic carbocycles. The highest BCUT2D eigenvalue weighted by Crippen LogP contribution is 2.34. The Labute approximate surface area is 117 Å². The van der Waals surface area contributed by atoms with Crippen molar-refractivity contribution in [1.29, 1.82) is 0 Å². The van der Waals surface area contributed by atoms with Gasteiger partial charge in [-0.05, 0) is 31.7 Å². The molecule has 0 spiro atoms. The van der Waals surface area contributed by atoms with Crippen molar-refractivity contribution in [1.82, 2.24) is 4.90 Å². The van der Waals surface area contributed by atoms with Gasteiger partial charge in [0.25, 0.3) is 0 Å². The van der Waals surface area contributed by atoms with Crippen LogP contribution in [-0.2, 0) is 0 Å². The smallest absolute Gasteiger partial charge is 0.0628 e. The van der Waals surface area contributed by atoms with E-state index in [9.17, 15) is 5.11 Å². The Kier molecular flexibility index (Phi) is 5.41. The Morgan fingerprint density at radius 2 is 2.00 bits per heavy atom. The SMILES string of the molecule is CCC[C@H]1CCC[C@@H](C)N1[C@@H](CO)c1ccccc1. The Morgan fingerprint density at radius 1 is 1.26 bits per heavy atom. The van der Waals surface area contributed by atoms with Crippen molar-refractivity contribution in [2.24, 2.45) is 0 Å². The topological polar surface area (TPSA) is 23.5 Å². The van der Waals surface area contributed by atoms with Crippen molar-refractivity contribution in [3.8, 4) is 0 Å². The second-order valence-electron chi connectivity index (χ2n) is 5.78. The fourth-order valence-electron chi connectivity index (χ4n) is 3.54. The highest BCUT2D eigenvalue weighted by atomic mass is 16.3. The van der Waals surface area contributed by atoms with Crippen LogP contribution in [0, 0.1) is 0 Å². The number of rotatable bonds is 5. The Hall–Kier alpha value is -0.860. The standard InChI is InChI=1S/C17H27NO/c1-3-8-16-12-7-9-14(2)18(16)17(13-19)15-10-5-4-6-11-15/h4-6,10-11,14,16-17,19H,3,7-9,12-13H2,1-2H3/t14-,16+,17+/m1/s1. The minimum absolute atomic E-state index is 0.160. The molecule has 3 atom stereocenters. The molecule has 0 aliphatic carbocycles. The highest BCUT2D eigenvalue weighted by Gasteiger charge is 2.33. The van der Waals surface area contributed by atoms with Gasteiger partial charge >= 0.3 is 0 Å². The van der Waals surface area contributed by atoms with Gasteiger partial charge in [0.1, 0.15) is 0 Å². The fraction of sp³-hybridized carbons (Fsp3) is 0.647. The summed E-state index contributed by atoms with van der Waals surface area (Å²) in [5, 5.41) is 9.89. The van der Waals surface area contributed by atoms with Crippen molar-refractivity contribution in [2.75, 3.05) is 6.61 Å². The maximum absolute atomic E-state index is 9.89. The second kappa shape index (κ2) is 7.06. The summed E-state index contributed by atoms with van der Waals surface area (Å²) in [7, 11) is 0. The number of nitrogens with zero attached hydrogens (tertiary/aromatic N) is 1. The summed E-state index contributed by atoms with van der Waals surface area (Å²) in [6, 6.07) is 11.8. The van der Waals surface area contributed by atoms with Crippen LogP contribution in [0.5, 0.6) is 0 Å². The summed E-state index contributed by atoms with van der Waals surface area (Å²) in [5.41, 5.74) is 1.25. The lowest BCUT2D eigenvalue weighted by molar-refractivity contribution is 0.0137. The zero-order chi connectivity index (χ0) is 13.7. The van der Waals surface area contributed by atoms with E-state index in [1.807, 2.05) is 6.07 Å². The van der Waals surface area contributed by atoms with E-state index in [2.05, 4.69) is 43.0 Å². The Morgan fingerprint density at radius 3 is 2.63 bits per heavy atom. The molecule has 0 bridgehead atoms. The summed E-state index contributed by atoms with van der Waals surface area (Å²) in [6.07, 6.45) is 6.33. The highest BCUT2D eigenvalue weighted by molar-refractivity contribution is 5.20. The van der Waals surface area contributed by atoms with E-state index in [1.165, 1.54) is 37.7 Å². The molecule has 2 heteroatoms. The van der Waals surface area contributed by atoms with Crippen LogP contribution in [0.25, 0.3) is 0 Å². The molecule has 1 aliphatic rings. The van der Waals surface area contributed by atoms with Crippen LogP contribution in [0.4, 0.5) is 0 Å². The summed E-state index contributed by atoms with van der Waals surface area (Å²) in [5.74, 6) is 0. The first-order valence-electron chi connectivity index (χ1n) is 7.71. The van der Waals surface area contributed by atoms with Gasteiger partial charge in [0, 0.05) is 12.1 Å². The number of hydrogen-bond donors (Lipinski definition) is 1. The maximum atomic E-state index is 9.89. The molecule has 1 fully saturated rings. The van der Waals surface area contributed by atoms with Gasteiger partial charge < -0.3 is 5.11 Å². The second-order valence-corrected chi connectivity index (χ2v) is 5.78. The van der Waals surface area contributed by atoms with Crippen LogP contribution in [0.1, 0.15) is 57.6 Å². The average Bonchev–Trinajstić information content (AvgIpc) is 2.44. The molecule has 0 amide bonds. The van der Waals surface area contributed by atoms with Crippen LogP contribution in [0.15, 0.2) is 30.3 Å². The fourth-order valence-corrected chi connectivity index (χ4v) is 3.54. The van der Waals surface area contributed by atoms with Gasteiger partial charge in [-0.2, -0.15) is 0 Å². The van der Waals surface area contributed by atoms with E-state index >= 15 is 0 Å². The molecule has 0 unspecified atom stereocenters. The van der Waals surface area contributed by atoms with Gasteiger partial charge in [0.2, 0.25) is 0 Å². The molecule has 1 aliphatic heterocycles. The van der Waals surface area contributed by atoms with Crippen molar-refractivity contribution in [3.63, 3.8) is 0 Å². The van der Waals surface area contributed by atoms with Crippen molar-refractivity contribution < 1.29 is 5.11 Å². The quantitative estimate of drug-likeness (QED) is 0.872. The molecule has 1 heterocycles. The largest absolute Gasteiger partial charge is 0.394 e. The number of aliphatic hydroxyl groups is 1. The lowest BCUT2D eigenvalue weighted by Gasteiger charge is -2.45. The van der Waals surface area contributed by atoms with Gasteiger partial charge in [-0.3, -0.25) is 4.90 Å². The third kappa shape index (κ3) is 3.37. The van der Waals surface area contributed by atoms with Crippen molar-refractivity contribution >= 4 is 0 Å². The summed E-state index contributed by atoms with van der Waals surface area (Å²) in [6.45, 7) is 4.79. The maximum Gasteiger partial charge on any atom is 0.0628 e. The lowest BCUT2D eigenvalue weighted by atomic mass is 9.90. The summed E-state index contributed by atoms with van der Waals surface area (Å²) in [4.78, 5) is 2.57. The monoisotopic (exact) mass is 261 g/mol. The minimum Gasteiger partial charge on any atom is -0.394 e. The summed E-state index contributed by atoms with van der Waals surface area (Å²) >= 11 is 0. The van der Waals surface area contributed by atoms with E-state index in [-0.39, 0.29) is 12.6 Å². The predicted octanol–water partition coefficient (Wildman–Crippen LogP) is 3.76.